The molecule has 1 aliphatic rings. The van der Waals surface area contributed by atoms with Gasteiger partial charge in [0.15, 0.2) is 0 Å². The minimum absolute atomic E-state index is 0.0201. The van der Waals surface area contributed by atoms with E-state index in [4.69, 9.17) is 9.84 Å². The van der Waals surface area contributed by atoms with Crippen LogP contribution < -0.4 is 0 Å². The highest BCUT2D eigenvalue weighted by atomic mass is 16.5. The first-order chi connectivity index (χ1) is 10.9. The van der Waals surface area contributed by atoms with Gasteiger partial charge in [-0.2, -0.15) is 0 Å². The second kappa shape index (κ2) is 11.1. The summed E-state index contributed by atoms with van der Waals surface area (Å²) in [5.74, 6) is 1.45. The van der Waals surface area contributed by atoms with Gasteiger partial charge in [-0.05, 0) is 42.7 Å². The third-order valence-electron chi connectivity index (χ3n) is 2.94. The summed E-state index contributed by atoms with van der Waals surface area (Å²) in [6, 6.07) is 0. The van der Waals surface area contributed by atoms with E-state index in [0.29, 0.717) is 16.9 Å². The van der Waals surface area contributed by atoms with Crippen LogP contribution in [0.3, 0.4) is 0 Å². The van der Waals surface area contributed by atoms with Crippen molar-refractivity contribution < 1.29 is 9.84 Å². The van der Waals surface area contributed by atoms with Crippen LogP contribution in [0.1, 0.15) is 33.6 Å². The van der Waals surface area contributed by atoms with Crippen molar-refractivity contribution in [2.75, 3.05) is 0 Å². The van der Waals surface area contributed by atoms with Gasteiger partial charge < -0.3 is 9.84 Å². The summed E-state index contributed by atoms with van der Waals surface area (Å²) in [6.45, 7) is 21.1. The Hall–Kier alpha value is -2.48. The molecular weight excluding hydrogens is 284 g/mol. The molecule has 1 aliphatic carbocycles. The zero-order chi connectivity index (χ0) is 17.8. The average Bonchev–Trinajstić information content (AvgIpc) is 2.54. The van der Waals surface area contributed by atoms with Crippen molar-refractivity contribution in [1.82, 2.24) is 0 Å². The van der Waals surface area contributed by atoms with Gasteiger partial charge in [0.1, 0.15) is 17.3 Å². The van der Waals surface area contributed by atoms with E-state index in [1.54, 1.807) is 18.2 Å². The molecular formula is C21H28O2. The van der Waals surface area contributed by atoms with Crippen molar-refractivity contribution in [2.45, 2.75) is 33.6 Å². The molecule has 124 valence electrons. The smallest absolute Gasteiger partial charge is 0.119 e. The van der Waals surface area contributed by atoms with E-state index >= 15 is 0 Å². The van der Waals surface area contributed by atoms with Gasteiger partial charge >= 0.3 is 0 Å². The van der Waals surface area contributed by atoms with Crippen molar-refractivity contribution in [3.63, 3.8) is 0 Å². The Kier molecular flexibility index (Phi) is 9.94. The van der Waals surface area contributed by atoms with Gasteiger partial charge in [0.05, 0.1) is 0 Å². The summed E-state index contributed by atoms with van der Waals surface area (Å²) in [7, 11) is 0. The van der Waals surface area contributed by atoms with E-state index in [-0.39, 0.29) is 5.76 Å². The van der Waals surface area contributed by atoms with Crippen LogP contribution in [0.5, 0.6) is 0 Å². The maximum absolute atomic E-state index is 8.99. The molecule has 0 aromatic rings. The number of aliphatic hydroxyl groups excluding tert-OH is 1. The van der Waals surface area contributed by atoms with Gasteiger partial charge in [-0.1, -0.05) is 64.0 Å². The first kappa shape index (κ1) is 20.5. The van der Waals surface area contributed by atoms with E-state index in [0.717, 1.165) is 18.6 Å². The lowest BCUT2D eigenvalue weighted by Crippen LogP contribution is -1.95. The fourth-order valence-electron chi connectivity index (χ4n) is 1.61. The largest absolute Gasteiger partial charge is 0.509 e. The monoisotopic (exact) mass is 312 g/mol. The average molecular weight is 312 g/mol. The van der Waals surface area contributed by atoms with Gasteiger partial charge in [-0.25, -0.2) is 0 Å². The Morgan fingerprint density at radius 2 is 1.52 bits per heavy atom. The third kappa shape index (κ3) is 9.20. The predicted octanol–water partition coefficient (Wildman–Crippen LogP) is 6.46. The van der Waals surface area contributed by atoms with Crippen LogP contribution in [0.4, 0.5) is 0 Å². The maximum Gasteiger partial charge on any atom is 0.119 e. The minimum Gasteiger partial charge on any atom is -0.509 e. The summed E-state index contributed by atoms with van der Waals surface area (Å²) >= 11 is 0. The molecule has 0 aliphatic heterocycles. The van der Waals surface area contributed by atoms with Gasteiger partial charge in [-0.15, -0.1) is 0 Å². The van der Waals surface area contributed by atoms with Crippen molar-refractivity contribution in [1.29, 1.82) is 0 Å². The molecule has 23 heavy (non-hydrogen) atoms. The van der Waals surface area contributed by atoms with Crippen LogP contribution in [0.2, 0.25) is 0 Å². The van der Waals surface area contributed by atoms with E-state index < -0.39 is 0 Å². The molecule has 0 aromatic heterocycles. The maximum atomic E-state index is 8.99. The molecule has 0 heterocycles. The summed E-state index contributed by atoms with van der Waals surface area (Å²) in [5.41, 5.74) is 2.75. The normalized spacial score (nSPS) is 13.7. The van der Waals surface area contributed by atoms with E-state index in [1.807, 2.05) is 19.9 Å². The second-order valence-electron chi connectivity index (χ2n) is 4.92. The van der Waals surface area contributed by atoms with Crippen LogP contribution in [0, 0.1) is 0 Å². The molecule has 0 amide bonds. The quantitative estimate of drug-likeness (QED) is 0.431. The molecule has 0 aromatic carbocycles. The minimum atomic E-state index is -0.0201. The van der Waals surface area contributed by atoms with Crippen molar-refractivity contribution in [3.05, 3.63) is 96.8 Å². The van der Waals surface area contributed by atoms with Crippen LogP contribution in [-0.2, 0) is 4.74 Å². The highest BCUT2D eigenvalue weighted by Gasteiger charge is 2.05. The fraction of sp³-hybridized carbons (Fsp3) is 0.238. The molecule has 0 spiro atoms. The van der Waals surface area contributed by atoms with Gasteiger partial charge in [0, 0.05) is 6.42 Å². The molecule has 0 atom stereocenters. The molecule has 1 rings (SSSR count). The zero-order valence-electron chi connectivity index (χ0n) is 14.6. The summed E-state index contributed by atoms with van der Waals surface area (Å²) in [5, 5.41) is 8.99. The van der Waals surface area contributed by atoms with Crippen molar-refractivity contribution in [3.8, 4) is 0 Å². The summed E-state index contributed by atoms with van der Waals surface area (Å²) in [6.07, 6.45) is 12.6. The van der Waals surface area contributed by atoms with Crippen LogP contribution >= 0.6 is 0 Å². The lowest BCUT2D eigenvalue weighted by Gasteiger charge is -2.13. The molecule has 2 heteroatoms. The molecule has 0 radical (unpaired) electrons. The van der Waals surface area contributed by atoms with E-state index in [1.165, 1.54) is 11.6 Å². The Labute approximate surface area is 140 Å². The topological polar surface area (TPSA) is 29.5 Å². The number of aliphatic hydroxyl groups is 1. The van der Waals surface area contributed by atoms with Crippen LogP contribution in [0.25, 0.3) is 0 Å². The summed E-state index contributed by atoms with van der Waals surface area (Å²) in [4.78, 5) is 0. The van der Waals surface area contributed by atoms with E-state index in [2.05, 4.69) is 39.3 Å². The van der Waals surface area contributed by atoms with Crippen LogP contribution in [-0.4, -0.2) is 5.11 Å². The predicted molar refractivity (Wildman–Crippen MR) is 101 cm³/mol. The zero-order valence-corrected chi connectivity index (χ0v) is 14.6. The molecule has 0 fully saturated rings. The third-order valence-corrected chi connectivity index (χ3v) is 2.94. The Balaban J connectivity index is 0.00000232. The number of hydrogen-bond acceptors (Lipinski definition) is 2. The van der Waals surface area contributed by atoms with E-state index in [9.17, 15) is 0 Å². The molecule has 0 saturated heterocycles. The molecule has 0 unspecified atom stereocenters. The van der Waals surface area contributed by atoms with Crippen molar-refractivity contribution in [2.24, 2.45) is 0 Å². The molecule has 0 bridgehead atoms. The number of allylic oxidation sites excluding steroid dienone is 10. The van der Waals surface area contributed by atoms with Gasteiger partial charge in [-0.3, -0.25) is 0 Å². The first-order valence-corrected chi connectivity index (χ1v) is 7.74. The lowest BCUT2D eigenvalue weighted by molar-refractivity contribution is 0.304. The van der Waals surface area contributed by atoms with Gasteiger partial charge in [0.25, 0.3) is 0 Å². The highest BCUT2D eigenvalue weighted by molar-refractivity contribution is 5.44. The number of rotatable bonds is 7. The van der Waals surface area contributed by atoms with Crippen molar-refractivity contribution >= 4 is 0 Å². The van der Waals surface area contributed by atoms with Gasteiger partial charge in [0.2, 0.25) is 0 Å². The second-order valence-corrected chi connectivity index (χ2v) is 4.92. The molecule has 0 saturated carbocycles. The molecule has 1 N–H and O–H groups in total. The standard InChI is InChI=1S/C19H22O2.C2H6/c1-14-6-12-19(13-7-14)21-18(5)11-9-16(3)15(2)8-10-17(4)20;1-2/h6,8-12,20H,2-5,7,13H2,1H3;1-2H3/b10-8-,11-9-;. The number of hydrogen-bond donors (Lipinski definition) is 1. The summed E-state index contributed by atoms with van der Waals surface area (Å²) < 4.78 is 5.66. The first-order valence-electron chi connectivity index (χ1n) is 7.74. The molecule has 2 nitrogen and oxygen atoms in total. The number of ether oxygens (including phenoxy) is 1. The lowest BCUT2D eigenvalue weighted by atomic mass is 10.1. The Morgan fingerprint density at radius 3 is 2.00 bits per heavy atom. The van der Waals surface area contributed by atoms with Crippen LogP contribution in [0.15, 0.2) is 96.8 Å². The Morgan fingerprint density at radius 1 is 0.957 bits per heavy atom. The highest BCUT2D eigenvalue weighted by Crippen LogP contribution is 2.21. The Bertz CT molecular complexity index is 581. The fourth-order valence-corrected chi connectivity index (χ4v) is 1.61. The SMILES string of the molecule is C=C(O)/C=C\C(=C)C(=C)/C=C\C(=C)OC1=CC=C(C)CC1.CC.